The molecule has 1 rings (SSSR count). The van der Waals surface area contributed by atoms with Gasteiger partial charge in [0.05, 0.1) is 0 Å². The fourth-order valence-electron chi connectivity index (χ4n) is 2.47. The molecule has 1 aliphatic rings. The minimum Gasteiger partial charge on any atom is -0.324 e. The third-order valence-electron chi connectivity index (χ3n) is 3.93. The van der Waals surface area contributed by atoms with Gasteiger partial charge in [0.15, 0.2) is 0 Å². The standard InChI is InChI=1S/C12H23N/c1-5-6-7-12(4)9(2)8-11(13)10(12)3/h9,11H,3,5-8,13H2,1-2,4H3. The summed E-state index contributed by atoms with van der Waals surface area (Å²) in [7, 11) is 0. The van der Waals surface area contributed by atoms with Gasteiger partial charge in [-0.15, -0.1) is 0 Å². The number of rotatable bonds is 3. The Morgan fingerprint density at radius 3 is 2.62 bits per heavy atom. The van der Waals surface area contributed by atoms with E-state index in [1.807, 2.05) is 0 Å². The summed E-state index contributed by atoms with van der Waals surface area (Å²) in [5.41, 5.74) is 7.62. The largest absolute Gasteiger partial charge is 0.324 e. The summed E-state index contributed by atoms with van der Waals surface area (Å²) in [6.45, 7) is 11.1. The van der Waals surface area contributed by atoms with Gasteiger partial charge in [-0.3, -0.25) is 0 Å². The maximum Gasteiger partial charge on any atom is 0.0259 e. The molecular formula is C12H23N. The Balaban J connectivity index is 2.69. The first kappa shape index (κ1) is 10.8. The Hall–Kier alpha value is -0.300. The molecule has 76 valence electrons. The Morgan fingerprint density at radius 2 is 2.23 bits per heavy atom. The van der Waals surface area contributed by atoms with Gasteiger partial charge >= 0.3 is 0 Å². The van der Waals surface area contributed by atoms with E-state index in [9.17, 15) is 0 Å². The number of unbranched alkanes of at least 4 members (excludes halogenated alkanes) is 1. The van der Waals surface area contributed by atoms with Crippen molar-refractivity contribution in [3.63, 3.8) is 0 Å². The predicted molar refractivity (Wildman–Crippen MR) is 58.5 cm³/mol. The van der Waals surface area contributed by atoms with Gasteiger partial charge in [-0.2, -0.15) is 0 Å². The Kier molecular flexibility index (Phi) is 3.18. The van der Waals surface area contributed by atoms with Crippen LogP contribution in [0.2, 0.25) is 0 Å². The van der Waals surface area contributed by atoms with E-state index in [0.29, 0.717) is 11.3 Å². The van der Waals surface area contributed by atoms with Crippen molar-refractivity contribution in [2.75, 3.05) is 0 Å². The van der Waals surface area contributed by atoms with E-state index in [4.69, 9.17) is 5.73 Å². The van der Waals surface area contributed by atoms with Crippen molar-refractivity contribution in [1.82, 2.24) is 0 Å². The predicted octanol–water partition coefficient (Wildman–Crippen LogP) is 3.11. The van der Waals surface area contributed by atoms with E-state index in [-0.39, 0.29) is 6.04 Å². The second-order valence-corrected chi connectivity index (χ2v) is 4.79. The van der Waals surface area contributed by atoms with E-state index in [2.05, 4.69) is 27.4 Å². The normalized spacial score (nSPS) is 39.8. The monoisotopic (exact) mass is 181 g/mol. The fourth-order valence-corrected chi connectivity index (χ4v) is 2.47. The van der Waals surface area contributed by atoms with Crippen molar-refractivity contribution in [1.29, 1.82) is 0 Å². The smallest absolute Gasteiger partial charge is 0.0259 e. The van der Waals surface area contributed by atoms with Crippen LogP contribution in [0.4, 0.5) is 0 Å². The van der Waals surface area contributed by atoms with E-state index in [1.54, 1.807) is 0 Å². The average Bonchev–Trinajstić information content (AvgIpc) is 2.28. The molecular weight excluding hydrogens is 158 g/mol. The summed E-state index contributed by atoms with van der Waals surface area (Å²) in [5.74, 6) is 0.710. The third kappa shape index (κ3) is 1.80. The molecule has 3 unspecified atom stereocenters. The molecule has 0 spiro atoms. The van der Waals surface area contributed by atoms with Crippen molar-refractivity contribution < 1.29 is 0 Å². The first-order valence-electron chi connectivity index (χ1n) is 5.47. The summed E-state index contributed by atoms with van der Waals surface area (Å²) >= 11 is 0. The highest BCUT2D eigenvalue weighted by Crippen LogP contribution is 2.48. The SMILES string of the molecule is C=C1C(N)CC(C)C1(C)CCCC. The highest BCUT2D eigenvalue weighted by Gasteiger charge is 2.42. The zero-order chi connectivity index (χ0) is 10.1. The van der Waals surface area contributed by atoms with Crippen LogP contribution in [-0.4, -0.2) is 6.04 Å². The molecule has 1 aliphatic carbocycles. The van der Waals surface area contributed by atoms with Gasteiger partial charge in [-0.25, -0.2) is 0 Å². The molecule has 0 saturated heterocycles. The molecule has 1 heteroatoms. The van der Waals surface area contributed by atoms with E-state index in [0.717, 1.165) is 6.42 Å². The van der Waals surface area contributed by atoms with Crippen molar-refractivity contribution in [3.05, 3.63) is 12.2 Å². The van der Waals surface area contributed by atoms with Crippen LogP contribution in [0.1, 0.15) is 46.5 Å². The highest BCUT2D eigenvalue weighted by molar-refractivity contribution is 5.22. The quantitative estimate of drug-likeness (QED) is 0.665. The second kappa shape index (κ2) is 3.83. The van der Waals surface area contributed by atoms with Crippen LogP contribution in [0.15, 0.2) is 12.2 Å². The molecule has 0 aromatic rings. The summed E-state index contributed by atoms with van der Waals surface area (Å²) in [6.07, 6.45) is 4.95. The summed E-state index contributed by atoms with van der Waals surface area (Å²) in [4.78, 5) is 0. The molecule has 13 heavy (non-hydrogen) atoms. The first-order valence-corrected chi connectivity index (χ1v) is 5.47. The number of hydrogen-bond acceptors (Lipinski definition) is 1. The van der Waals surface area contributed by atoms with Crippen LogP contribution in [0, 0.1) is 11.3 Å². The van der Waals surface area contributed by atoms with Crippen molar-refractivity contribution >= 4 is 0 Å². The Morgan fingerprint density at radius 1 is 1.62 bits per heavy atom. The van der Waals surface area contributed by atoms with Gasteiger partial charge in [0.2, 0.25) is 0 Å². The van der Waals surface area contributed by atoms with Crippen LogP contribution < -0.4 is 5.73 Å². The zero-order valence-corrected chi connectivity index (χ0v) is 9.27. The van der Waals surface area contributed by atoms with E-state index >= 15 is 0 Å². The first-order chi connectivity index (χ1) is 6.02. The van der Waals surface area contributed by atoms with Crippen molar-refractivity contribution in [2.24, 2.45) is 17.1 Å². The summed E-state index contributed by atoms with van der Waals surface area (Å²) in [6, 6.07) is 0.247. The lowest BCUT2D eigenvalue weighted by Gasteiger charge is -2.30. The van der Waals surface area contributed by atoms with Crippen LogP contribution in [0.5, 0.6) is 0 Å². The number of nitrogens with two attached hydrogens (primary N) is 1. The zero-order valence-electron chi connectivity index (χ0n) is 9.27. The summed E-state index contributed by atoms with van der Waals surface area (Å²) < 4.78 is 0. The maximum atomic E-state index is 6.02. The molecule has 0 bridgehead atoms. The van der Waals surface area contributed by atoms with Gasteiger partial charge in [0, 0.05) is 6.04 Å². The maximum absolute atomic E-state index is 6.02. The third-order valence-corrected chi connectivity index (χ3v) is 3.93. The molecule has 2 N–H and O–H groups in total. The van der Waals surface area contributed by atoms with Crippen LogP contribution in [-0.2, 0) is 0 Å². The number of hydrogen-bond donors (Lipinski definition) is 1. The molecule has 3 atom stereocenters. The van der Waals surface area contributed by atoms with Gasteiger partial charge in [0.25, 0.3) is 0 Å². The van der Waals surface area contributed by atoms with Gasteiger partial charge in [-0.1, -0.05) is 45.8 Å². The van der Waals surface area contributed by atoms with Gasteiger partial charge in [-0.05, 0) is 24.2 Å². The van der Waals surface area contributed by atoms with Crippen LogP contribution >= 0.6 is 0 Å². The molecule has 0 aromatic heterocycles. The van der Waals surface area contributed by atoms with Gasteiger partial charge < -0.3 is 5.73 Å². The molecule has 0 aromatic carbocycles. The lowest BCUT2D eigenvalue weighted by molar-refractivity contribution is 0.268. The minimum atomic E-state index is 0.247. The molecule has 0 amide bonds. The van der Waals surface area contributed by atoms with E-state index < -0.39 is 0 Å². The van der Waals surface area contributed by atoms with Crippen molar-refractivity contribution in [2.45, 2.75) is 52.5 Å². The lowest BCUT2D eigenvalue weighted by Crippen LogP contribution is -2.24. The molecule has 1 saturated carbocycles. The van der Waals surface area contributed by atoms with Crippen LogP contribution in [0.25, 0.3) is 0 Å². The molecule has 1 fully saturated rings. The topological polar surface area (TPSA) is 26.0 Å². The Bertz CT molecular complexity index is 197. The molecule has 0 heterocycles. The Labute approximate surface area is 82.4 Å². The van der Waals surface area contributed by atoms with Crippen molar-refractivity contribution in [3.8, 4) is 0 Å². The molecule has 0 aliphatic heterocycles. The highest BCUT2D eigenvalue weighted by atomic mass is 14.7. The molecule has 1 nitrogen and oxygen atoms in total. The molecule has 0 radical (unpaired) electrons. The second-order valence-electron chi connectivity index (χ2n) is 4.79. The lowest BCUT2D eigenvalue weighted by atomic mass is 9.74. The average molecular weight is 181 g/mol. The van der Waals surface area contributed by atoms with Gasteiger partial charge in [0.1, 0.15) is 0 Å². The minimum absolute atomic E-state index is 0.247. The van der Waals surface area contributed by atoms with Crippen LogP contribution in [0.3, 0.4) is 0 Å². The fraction of sp³-hybridized carbons (Fsp3) is 0.833. The summed E-state index contributed by atoms with van der Waals surface area (Å²) in [5, 5.41) is 0. The van der Waals surface area contributed by atoms with E-state index in [1.165, 1.54) is 24.8 Å².